The Kier molecular flexibility index (Phi) is 7.78. The molecule has 5 aromatic rings. The monoisotopic (exact) mass is 549 g/mol. The molecule has 4 aromatic carbocycles. The fourth-order valence-electron chi connectivity index (χ4n) is 4.11. The first-order valence-electron chi connectivity index (χ1n) is 10.5. The van der Waals surface area contributed by atoms with E-state index in [1.807, 2.05) is 24.3 Å². The molecule has 0 aliphatic carbocycles. The predicted molar refractivity (Wildman–Crippen MR) is 141 cm³/mol. The van der Waals surface area contributed by atoms with Crippen molar-refractivity contribution in [3.63, 3.8) is 0 Å². The average molecular weight is 551 g/mol. The Morgan fingerprint density at radius 3 is 1.55 bits per heavy atom. The van der Waals surface area contributed by atoms with Crippen LogP contribution >= 0.6 is 30.2 Å². The largest absolute Gasteiger partial charge is 1.00 e. The third-order valence-electron chi connectivity index (χ3n) is 5.66. The van der Waals surface area contributed by atoms with Gasteiger partial charge in [-0.2, -0.15) is 0 Å². The lowest BCUT2D eigenvalue weighted by Crippen LogP contribution is -3.00. The Morgan fingerprint density at radius 1 is 0.636 bits per heavy atom. The lowest BCUT2D eigenvalue weighted by Gasteiger charge is -2.26. The molecule has 164 valence electrons. The molecule has 1 nitrogen and oxygen atoms in total. The van der Waals surface area contributed by atoms with Crippen molar-refractivity contribution in [3.8, 4) is 11.3 Å². The average Bonchev–Trinajstić information content (AvgIpc) is 3.33. The van der Waals surface area contributed by atoms with Gasteiger partial charge in [0.05, 0.1) is 5.69 Å². The first-order valence-corrected chi connectivity index (χ1v) is 13.7. The number of thiazole rings is 1. The molecule has 0 amide bonds. The van der Waals surface area contributed by atoms with Crippen molar-refractivity contribution in [3.05, 3.63) is 131 Å². The van der Waals surface area contributed by atoms with E-state index in [0.717, 1.165) is 27.4 Å². The Labute approximate surface area is 215 Å². The van der Waals surface area contributed by atoms with Gasteiger partial charge < -0.3 is 17.0 Å². The van der Waals surface area contributed by atoms with E-state index in [0.29, 0.717) is 0 Å². The smallest absolute Gasteiger partial charge is 0.132 e. The maximum Gasteiger partial charge on any atom is 0.132 e. The van der Waals surface area contributed by atoms with Gasteiger partial charge in [-0.1, -0.05) is 78.3 Å². The second-order valence-corrected chi connectivity index (χ2v) is 12.5. The van der Waals surface area contributed by atoms with Gasteiger partial charge in [0.15, 0.2) is 0 Å². The molecule has 0 atom stereocenters. The van der Waals surface area contributed by atoms with Gasteiger partial charge in [0, 0.05) is 16.0 Å². The molecule has 0 aliphatic rings. The Hall–Kier alpha value is -2.29. The minimum Gasteiger partial charge on any atom is -1.00 e. The van der Waals surface area contributed by atoms with Crippen LogP contribution in [-0.2, 0) is 6.16 Å². The van der Waals surface area contributed by atoms with Crippen molar-refractivity contribution in [2.45, 2.75) is 6.16 Å². The second kappa shape index (κ2) is 10.8. The summed E-state index contributed by atoms with van der Waals surface area (Å²) < 4.78 is 0. The van der Waals surface area contributed by atoms with Crippen LogP contribution in [0.15, 0.2) is 121 Å². The normalized spacial score (nSPS) is 11.1. The first kappa shape index (κ1) is 23.9. The standard InChI is InChI=1S/C28H22ClNPS.BrH/c29-23-18-16-22(17-19-23)27-21-32-28(30-27)20-31(24-10-4-1-5-11-24,25-12-6-2-7-13-25)26-14-8-3-9-15-26;/h1-19,21H,20H2;1H/q+1;/p-1. The predicted octanol–water partition coefficient (Wildman–Crippen LogP) is 3.96. The number of benzene rings is 4. The van der Waals surface area contributed by atoms with E-state index in [1.165, 1.54) is 15.9 Å². The van der Waals surface area contributed by atoms with E-state index in [1.54, 1.807) is 11.3 Å². The third-order valence-corrected chi connectivity index (χ3v) is 11.3. The minimum atomic E-state index is -1.93. The van der Waals surface area contributed by atoms with E-state index in [-0.39, 0.29) is 17.0 Å². The molecule has 1 aromatic heterocycles. The number of rotatable bonds is 6. The number of hydrogen-bond donors (Lipinski definition) is 0. The molecule has 5 heteroatoms. The SMILES string of the molecule is Clc1ccc(-c2csc(C[P+](c3ccccc3)(c3ccccc3)c3ccccc3)n2)cc1.[Br-]. The molecule has 0 fully saturated rings. The van der Waals surface area contributed by atoms with Gasteiger partial charge in [-0.25, -0.2) is 4.98 Å². The highest BCUT2D eigenvalue weighted by atomic mass is 79.9. The summed E-state index contributed by atoms with van der Waals surface area (Å²) in [5, 5.41) is 8.18. The molecule has 0 spiro atoms. The van der Waals surface area contributed by atoms with Gasteiger partial charge in [-0.3, -0.25) is 0 Å². The van der Waals surface area contributed by atoms with Crippen molar-refractivity contribution >= 4 is 46.1 Å². The second-order valence-electron chi connectivity index (χ2n) is 7.61. The van der Waals surface area contributed by atoms with Crippen molar-refractivity contribution in [2.24, 2.45) is 0 Å². The molecular weight excluding hydrogens is 529 g/mol. The van der Waals surface area contributed by atoms with Gasteiger partial charge in [0.1, 0.15) is 34.3 Å². The number of aromatic nitrogens is 1. The van der Waals surface area contributed by atoms with E-state index in [4.69, 9.17) is 16.6 Å². The van der Waals surface area contributed by atoms with Crippen LogP contribution in [0.1, 0.15) is 5.01 Å². The Morgan fingerprint density at radius 2 is 1.09 bits per heavy atom. The molecule has 5 rings (SSSR count). The van der Waals surface area contributed by atoms with Crippen LogP contribution in [0.5, 0.6) is 0 Å². The van der Waals surface area contributed by atoms with Crippen LogP contribution in [0.4, 0.5) is 0 Å². The molecule has 0 bridgehead atoms. The quantitative estimate of drug-likeness (QED) is 0.292. The van der Waals surface area contributed by atoms with Gasteiger partial charge in [-0.15, -0.1) is 11.3 Å². The zero-order chi connectivity index (χ0) is 21.8. The highest BCUT2D eigenvalue weighted by Gasteiger charge is 2.46. The highest BCUT2D eigenvalue weighted by Crippen LogP contribution is 2.58. The summed E-state index contributed by atoms with van der Waals surface area (Å²) in [5.41, 5.74) is 2.11. The first-order chi connectivity index (χ1) is 15.8. The lowest BCUT2D eigenvalue weighted by atomic mass is 10.2. The maximum atomic E-state index is 6.08. The van der Waals surface area contributed by atoms with Gasteiger partial charge in [0.25, 0.3) is 0 Å². The van der Waals surface area contributed by atoms with Crippen LogP contribution in [0, 0.1) is 0 Å². The molecule has 1 heterocycles. The topological polar surface area (TPSA) is 12.9 Å². The molecule has 0 radical (unpaired) electrons. The van der Waals surface area contributed by atoms with Crippen LogP contribution in [0.2, 0.25) is 5.02 Å². The van der Waals surface area contributed by atoms with E-state index >= 15 is 0 Å². The number of nitrogens with zero attached hydrogens (tertiary/aromatic N) is 1. The van der Waals surface area contributed by atoms with E-state index in [2.05, 4.69) is 96.4 Å². The van der Waals surface area contributed by atoms with Crippen LogP contribution < -0.4 is 32.9 Å². The summed E-state index contributed by atoms with van der Waals surface area (Å²) in [4.78, 5) is 5.07. The fourth-order valence-corrected chi connectivity index (χ4v) is 9.66. The van der Waals surface area contributed by atoms with E-state index in [9.17, 15) is 0 Å². The highest BCUT2D eigenvalue weighted by molar-refractivity contribution is 7.95. The van der Waals surface area contributed by atoms with Gasteiger partial charge in [0.2, 0.25) is 0 Å². The van der Waals surface area contributed by atoms with Crippen molar-refractivity contribution < 1.29 is 17.0 Å². The molecule has 0 saturated carbocycles. The van der Waals surface area contributed by atoms with Gasteiger partial charge >= 0.3 is 0 Å². The summed E-state index contributed by atoms with van der Waals surface area (Å²) in [6.07, 6.45) is 0.892. The fraction of sp³-hybridized carbons (Fsp3) is 0.0357. The molecule has 0 saturated heterocycles. The van der Waals surface area contributed by atoms with Gasteiger partial charge in [-0.05, 0) is 48.5 Å². The minimum absolute atomic E-state index is 0. The van der Waals surface area contributed by atoms with Crippen LogP contribution in [-0.4, -0.2) is 4.98 Å². The summed E-state index contributed by atoms with van der Waals surface area (Å²) in [6.45, 7) is 0. The lowest BCUT2D eigenvalue weighted by molar-refractivity contribution is -0.00000608. The summed E-state index contributed by atoms with van der Waals surface area (Å²) in [5.74, 6) is 0. The summed E-state index contributed by atoms with van der Waals surface area (Å²) in [6, 6.07) is 40.8. The van der Waals surface area contributed by atoms with Crippen LogP contribution in [0.25, 0.3) is 11.3 Å². The van der Waals surface area contributed by atoms with Crippen LogP contribution in [0.3, 0.4) is 0 Å². The van der Waals surface area contributed by atoms with Crippen molar-refractivity contribution in [1.29, 1.82) is 0 Å². The molecular formula is C28H22BrClNPS. The molecule has 0 unspecified atom stereocenters. The number of halogens is 2. The zero-order valence-corrected chi connectivity index (χ0v) is 21.9. The maximum absolute atomic E-state index is 6.08. The van der Waals surface area contributed by atoms with E-state index < -0.39 is 7.26 Å². The molecule has 33 heavy (non-hydrogen) atoms. The number of hydrogen-bond acceptors (Lipinski definition) is 2. The Bertz CT molecular complexity index is 1200. The third kappa shape index (κ3) is 4.98. The summed E-state index contributed by atoms with van der Waals surface area (Å²) in [7, 11) is -1.93. The van der Waals surface area contributed by atoms with Crippen molar-refractivity contribution in [1.82, 2.24) is 4.98 Å². The molecule has 0 aliphatic heterocycles. The summed E-state index contributed by atoms with van der Waals surface area (Å²) >= 11 is 7.82. The Balaban J connectivity index is 0.00000259. The van der Waals surface area contributed by atoms with Crippen molar-refractivity contribution in [2.75, 3.05) is 0 Å². The zero-order valence-electron chi connectivity index (χ0n) is 17.8. The molecule has 0 N–H and O–H groups in total.